The maximum absolute atomic E-state index is 12.9. The first-order chi connectivity index (χ1) is 14.7. The maximum atomic E-state index is 12.9. The third-order valence-electron chi connectivity index (χ3n) is 6.33. The van der Waals surface area contributed by atoms with Crippen molar-refractivity contribution >= 4 is 28.5 Å². The summed E-state index contributed by atoms with van der Waals surface area (Å²) in [5.41, 5.74) is 1.05. The zero-order valence-electron chi connectivity index (χ0n) is 17.4. The van der Waals surface area contributed by atoms with E-state index >= 15 is 0 Å². The molecule has 0 saturated carbocycles. The first-order valence-corrected chi connectivity index (χ1v) is 10.6. The predicted octanol–water partition coefficient (Wildman–Crippen LogP) is 3.82. The van der Waals surface area contributed by atoms with Gasteiger partial charge in [0.1, 0.15) is 11.3 Å². The smallest absolute Gasteiger partial charge is 0.340 e. The molecule has 31 heavy (non-hydrogen) atoms. The van der Waals surface area contributed by atoms with E-state index in [1.807, 2.05) is 12.1 Å². The van der Waals surface area contributed by atoms with Gasteiger partial charge in [-0.25, -0.2) is 4.79 Å². The van der Waals surface area contributed by atoms with Crippen LogP contribution in [0.5, 0.6) is 5.75 Å². The number of phenols is 1. The van der Waals surface area contributed by atoms with Gasteiger partial charge in [-0.2, -0.15) is 0 Å². The Bertz CT molecular complexity index is 1210. The Kier molecular flexibility index (Phi) is 5.54. The van der Waals surface area contributed by atoms with E-state index in [0.29, 0.717) is 58.6 Å². The zero-order chi connectivity index (χ0) is 22.3. The number of aromatic hydroxyl groups is 1. The van der Waals surface area contributed by atoms with E-state index in [4.69, 9.17) is 16.0 Å². The lowest BCUT2D eigenvalue weighted by Gasteiger charge is -2.38. The average molecular weight is 442 g/mol. The number of hydrogen-bond donors (Lipinski definition) is 2. The molecular weight excluding hydrogens is 418 g/mol. The van der Waals surface area contributed by atoms with Gasteiger partial charge in [-0.3, -0.25) is 4.79 Å². The van der Waals surface area contributed by atoms with Crippen molar-refractivity contribution in [2.24, 2.45) is 0 Å². The molecule has 0 aliphatic carbocycles. The Morgan fingerprint density at radius 3 is 2.39 bits per heavy atom. The molecule has 2 N–H and O–H groups in total. The highest BCUT2D eigenvalue weighted by Crippen LogP contribution is 2.34. The van der Waals surface area contributed by atoms with E-state index in [1.54, 1.807) is 43.0 Å². The molecule has 7 heteroatoms. The number of phenolic OH excluding ortho intramolecular Hbond substituents is 1. The first-order valence-electron chi connectivity index (χ1n) is 10.2. The van der Waals surface area contributed by atoms with Crippen LogP contribution in [0.25, 0.3) is 11.0 Å². The van der Waals surface area contributed by atoms with Gasteiger partial charge in [0.05, 0.1) is 17.6 Å². The standard InChI is InChI=1S/C24H24ClNO5/c1-14-18-7-8-20(27)15(2)22(18)31-23(29)19(14)13-21(28)26-11-9-24(30,10-12-26)16-3-5-17(25)6-4-16/h3-8,27,30H,9-13H2,1-2H3. The van der Waals surface area contributed by atoms with Crippen molar-refractivity contribution in [1.29, 1.82) is 0 Å². The summed E-state index contributed by atoms with van der Waals surface area (Å²) in [6.45, 7) is 4.25. The number of aryl methyl sites for hydroxylation is 2. The number of amides is 1. The van der Waals surface area contributed by atoms with Gasteiger partial charge in [0.25, 0.3) is 0 Å². The van der Waals surface area contributed by atoms with E-state index in [1.165, 1.54) is 0 Å². The van der Waals surface area contributed by atoms with Crippen molar-refractivity contribution < 1.29 is 19.4 Å². The lowest BCUT2D eigenvalue weighted by atomic mass is 9.84. The number of piperidine rings is 1. The normalized spacial score (nSPS) is 15.9. The van der Waals surface area contributed by atoms with Crippen LogP contribution in [0.15, 0.2) is 45.6 Å². The van der Waals surface area contributed by atoms with Gasteiger partial charge in [0.15, 0.2) is 0 Å². The molecule has 1 aliphatic heterocycles. The highest BCUT2D eigenvalue weighted by Gasteiger charge is 2.35. The summed E-state index contributed by atoms with van der Waals surface area (Å²) < 4.78 is 5.44. The second-order valence-electron chi connectivity index (χ2n) is 8.18. The Hall–Kier alpha value is -2.83. The highest BCUT2D eigenvalue weighted by molar-refractivity contribution is 6.30. The lowest BCUT2D eigenvalue weighted by Crippen LogP contribution is -2.46. The number of carbonyl (C=O) groups excluding carboxylic acids is 1. The average Bonchev–Trinajstić information content (AvgIpc) is 2.75. The van der Waals surface area contributed by atoms with Gasteiger partial charge in [0, 0.05) is 29.1 Å². The number of hydrogen-bond acceptors (Lipinski definition) is 5. The quantitative estimate of drug-likeness (QED) is 0.603. The molecule has 0 radical (unpaired) electrons. The molecule has 1 saturated heterocycles. The maximum Gasteiger partial charge on any atom is 0.340 e. The van der Waals surface area contributed by atoms with Gasteiger partial charge in [-0.15, -0.1) is 0 Å². The van der Waals surface area contributed by atoms with Gasteiger partial charge in [0.2, 0.25) is 5.91 Å². The Balaban J connectivity index is 1.52. The minimum absolute atomic E-state index is 0.0559. The molecule has 2 aromatic carbocycles. The molecule has 1 amide bonds. The van der Waals surface area contributed by atoms with Crippen LogP contribution >= 0.6 is 11.6 Å². The molecule has 1 aromatic heterocycles. The third kappa shape index (κ3) is 3.93. The number of likely N-dealkylation sites (tertiary alicyclic amines) is 1. The van der Waals surface area contributed by atoms with Gasteiger partial charge < -0.3 is 19.5 Å². The lowest BCUT2D eigenvalue weighted by molar-refractivity contribution is -0.135. The molecule has 0 unspecified atom stereocenters. The molecule has 0 atom stereocenters. The Morgan fingerprint density at radius 1 is 1.10 bits per heavy atom. The molecule has 2 heterocycles. The van der Waals surface area contributed by atoms with E-state index < -0.39 is 11.2 Å². The fraction of sp³-hybridized carbons (Fsp3) is 0.333. The van der Waals surface area contributed by atoms with Crippen LogP contribution in [0.2, 0.25) is 5.02 Å². The summed E-state index contributed by atoms with van der Waals surface area (Å²) in [6.07, 6.45) is 0.748. The molecule has 1 aliphatic rings. The summed E-state index contributed by atoms with van der Waals surface area (Å²) in [5.74, 6) is -0.122. The summed E-state index contributed by atoms with van der Waals surface area (Å²) in [6, 6.07) is 10.4. The van der Waals surface area contributed by atoms with Gasteiger partial charge >= 0.3 is 5.63 Å². The van der Waals surface area contributed by atoms with Crippen molar-refractivity contribution in [3.63, 3.8) is 0 Å². The highest BCUT2D eigenvalue weighted by atomic mass is 35.5. The summed E-state index contributed by atoms with van der Waals surface area (Å²) in [5, 5.41) is 22.2. The number of benzene rings is 2. The molecule has 3 aromatic rings. The second-order valence-corrected chi connectivity index (χ2v) is 8.61. The molecule has 4 rings (SSSR count). The van der Waals surface area contributed by atoms with E-state index in [0.717, 1.165) is 5.56 Å². The van der Waals surface area contributed by atoms with E-state index in [2.05, 4.69) is 0 Å². The van der Waals surface area contributed by atoms with Crippen molar-refractivity contribution in [2.45, 2.75) is 38.7 Å². The minimum Gasteiger partial charge on any atom is -0.508 e. The van der Waals surface area contributed by atoms with Crippen LogP contribution in [-0.2, 0) is 16.8 Å². The van der Waals surface area contributed by atoms with Crippen LogP contribution < -0.4 is 5.63 Å². The summed E-state index contributed by atoms with van der Waals surface area (Å²) in [7, 11) is 0. The van der Waals surface area contributed by atoms with Crippen LogP contribution in [0.1, 0.15) is 35.1 Å². The van der Waals surface area contributed by atoms with Crippen molar-refractivity contribution in [3.05, 3.63) is 74.1 Å². The zero-order valence-corrected chi connectivity index (χ0v) is 18.2. The topological polar surface area (TPSA) is 91.0 Å². The van der Waals surface area contributed by atoms with Crippen LogP contribution in [0.3, 0.4) is 0 Å². The second kappa shape index (κ2) is 8.02. The fourth-order valence-electron chi connectivity index (χ4n) is 4.22. The number of aliphatic hydroxyl groups is 1. The summed E-state index contributed by atoms with van der Waals surface area (Å²) in [4.78, 5) is 27.2. The van der Waals surface area contributed by atoms with Crippen LogP contribution in [0.4, 0.5) is 0 Å². The molecule has 6 nitrogen and oxygen atoms in total. The van der Waals surface area contributed by atoms with E-state index in [-0.39, 0.29) is 18.1 Å². The first kappa shape index (κ1) is 21.4. The number of nitrogens with zero attached hydrogens (tertiary/aromatic N) is 1. The Labute approximate surface area is 184 Å². The largest absolute Gasteiger partial charge is 0.508 e. The molecule has 0 spiro atoms. The number of rotatable bonds is 3. The van der Waals surface area contributed by atoms with Crippen molar-refractivity contribution in [2.75, 3.05) is 13.1 Å². The van der Waals surface area contributed by atoms with Crippen molar-refractivity contribution in [3.8, 4) is 5.75 Å². The molecule has 162 valence electrons. The monoisotopic (exact) mass is 441 g/mol. The van der Waals surface area contributed by atoms with Crippen molar-refractivity contribution in [1.82, 2.24) is 4.90 Å². The third-order valence-corrected chi connectivity index (χ3v) is 6.58. The molecule has 0 bridgehead atoms. The molecule has 1 fully saturated rings. The molecular formula is C24H24ClNO5. The summed E-state index contributed by atoms with van der Waals surface area (Å²) >= 11 is 5.94. The SMILES string of the molecule is Cc1c(CC(=O)N2CCC(O)(c3ccc(Cl)cc3)CC2)c(=O)oc2c(C)c(O)ccc12. The predicted molar refractivity (Wildman–Crippen MR) is 118 cm³/mol. The Morgan fingerprint density at radius 2 is 1.74 bits per heavy atom. The number of halogens is 1. The number of carbonyl (C=O) groups is 1. The van der Waals surface area contributed by atoms with Crippen LogP contribution in [-0.4, -0.2) is 34.1 Å². The fourth-order valence-corrected chi connectivity index (χ4v) is 4.35. The van der Waals surface area contributed by atoms with Crippen LogP contribution in [0, 0.1) is 13.8 Å². The van der Waals surface area contributed by atoms with E-state index in [9.17, 15) is 19.8 Å². The number of fused-ring (bicyclic) bond motifs is 1. The van der Waals surface area contributed by atoms with Gasteiger partial charge in [-0.1, -0.05) is 23.7 Å². The minimum atomic E-state index is -1.00. The van der Waals surface area contributed by atoms with Gasteiger partial charge in [-0.05, 0) is 62.1 Å².